The summed E-state index contributed by atoms with van der Waals surface area (Å²) in [5.41, 5.74) is 4.18. The molecule has 2 N–H and O–H groups in total. The second-order valence-corrected chi connectivity index (χ2v) is 11.3. The molecule has 4 aromatic rings. The molecule has 1 amide bonds. The van der Waals surface area contributed by atoms with Crippen LogP contribution in [0.1, 0.15) is 58.9 Å². The number of benzene rings is 4. The molecule has 0 fully saturated rings. The van der Waals surface area contributed by atoms with Gasteiger partial charge in [0.1, 0.15) is 6.17 Å². The minimum atomic E-state index is -0.361. The van der Waals surface area contributed by atoms with Crippen LogP contribution in [0.5, 0.6) is 40.2 Å². The molecule has 1 aliphatic heterocycles. The van der Waals surface area contributed by atoms with E-state index in [2.05, 4.69) is 10.6 Å². The van der Waals surface area contributed by atoms with E-state index in [1.54, 1.807) is 41.6 Å². The zero-order valence-corrected chi connectivity index (χ0v) is 28.7. The molecule has 0 aliphatic carbocycles. The van der Waals surface area contributed by atoms with Crippen LogP contribution in [-0.4, -0.2) is 54.7 Å². The van der Waals surface area contributed by atoms with Crippen molar-refractivity contribution in [2.24, 2.45) is 0 Å². The van der Waals surface area contributed by atoms with E-state index in [-0.39, 0.29) is 12.1 Å². The van der Waals surface area contributed by atoms with Crippen LogP contribution < -0.4 is 43.8 Å². The number of anilines is 1. The Balaban J connectivity index is 1.07. The number of fused-ring (bicyclic) bond motifs is 1. The van der Waals surface area contributed by atoms with E-state index >= 15 is 0 Å². The van der Waals surface area contributed by atoms with E-state index in [1.807, 2.05) is 78.9 Å². The van der Waals surface area contributed by atoms with Crippen LogP contribution in [0.15, 0.2) is 72.8 Å². The van der Waals surface area contributed by atoms with E-state index < -0.39 is 0 Å². The predicted octanol–water partition coefficient (Wildman–Crippen LogP) is 7.77. The fraction of sp³-hybridized carbons (Fsp3) is 0.308. The Hall–Kier alpha value is -5.51. The highest BCUT2D eigenvalue weighted by Crippen LogP contribution is 2.39. The van der Waals surface area contributed by atoms with Gasteiger partial charge in [-0.2, -0.15) is 0 Å². The van der Waals surface area contributed by atoms with E-state index in [1.165, 1.54) is 0 Å². The van der Waals surface area contributed by atoms with Crippen molar-refractivity contribution < 1.29 is 38.0 Å². The first kappa shape index (κ1) is 34.8. The molecule has 1 atom stereocenters. The molecule has 5 rings (SSSR count). The maximum absolute atomic E-state index is 12.6. The minimum absolute atomic E-state index is 0.113. The topological polar surface area (TPSA) is 106 Å². The number of hydrogen-bond donors (Lipinski definition) is 2. The van der Waals surface area contributed by atoms with E-state index in [4.69, 9.17) is 33.2 Å². The van der Waals surface area contributed by atoms with Gasteiger partial charge in [0.15, 0.2) is 34.5 Å². The zero-order valence-electron chi connectivity index (χ0n) is 28.7. The number of unbranched alkanes of at least 4 members (excludes halogenated alkanes) is 3. The Morgan fingerprint density at radius 3 is 1.86 bits per heavy atom. The molecule has 10 nitrogen and oxygen atoms in total. The van der Waals surface area contributed by atoms with Crippen molar-refractivity contribution in [3.8, 4) is 40.2 Å². The van der Waals surface area contributed by atoms with Crippen molar-refractivity contribution >= 4 is 23.7 Å². The number of methoxy groups -OCH3 is 5. The minimum Gasteiger partial charge on any atom is -0.493 e. The van der Waals surface area contributed by atoms with Crippen LogP contribution in [0.3, 0.4) is 0 Å². The number of rotatable bonds is 17. The first-order valence-electron chi connectivity index (χ1n) is 16.2. The second kappa shape index (κ2) is 17.1. The fourth-order valence-corrected chi connectivity index (χ4v) is 5.58. The molecule has 0 saturated carbocycles. The van der Waals surface area contributed by atoms with Gasteiger partial charge in [-0.1, -0.05) is 36.4 Å². The molecule has 0 saturated heterocycles. The van der Waals surface area contributed by atoms with Gasteiger partial charge in [0, 0.05) is 5.69 Å². The van der Waals surface area contributed by atoms with E-state index in [0.29, 0.717) is 59.0 Å². The summed E-state index contributed by atoms with van der Waals surface area (Å²) >= 11 is 0. The standard InChI is InChI=1S/C39H44N2O8/c1-43-31-18-16-26(14-15-27-23-35(45-3)37(47-5)36(24-27)46-4)22-34(31)49-21-11-7-6-10-20-48-32-19-17-28(25-33(32)44-2)38-40-30-13-9-8-12-29(30)39(42)41-38/h8-9,12-19,22-25,38,40H,6-7,10-11,20-21H2,1-5H3,(H,41,42). The molecule has 1 heterocycles. The second-order valence-electron chi connectivity index (χ2n) is 11.3. The lowest BCUT2D eigenvalue weighted by atomic mass is 10.1. The third-order valence-corrected chi connectivity index (χ3v) is 8.16. The summed E-state index contributed by atoms with van der Waals surface area (Å²) in [4.78, 5) is 12.6. The van der Waals surface area contributed by atoms with Gasteiger partial charge >= 0.3 is 0 Å². The van der Waals surface area contributed by atoms with Crippen molar-refractivity contribution in [2.45, 2.75) is 31.8 Å². The quantitative estimate of drug-likeness (QED) is 0.0862. The number of hydrogen-bond acceptors (Lipinski definition) is 9. The first-order chi connectivity index (χ1) is 24.0. The number of carbonyl (C=O) groups excluding carboxylic acids is 1. The molecular weight excluding hydrogens is 624 g/mol. The lowest BCUT2D eigenvalue weighted by molar-refractivity contribution is 0.0935. The molecule has 0 spiro atoms. The number of nitrogens with one attached hydrogen (secondary N) is 2. The summed E-state index contributed by atoms with van der Waals surface area (Å²) in [6.07, 6.45) is 7.41. The highest BCUT2D eigenvalue weighted by Gasteiger charge is 2.25. The van der Waals surface area contributed by atoms with Gasteiger partial charge in [0.05, 0.1) is 54.3 Å². The Labute approximate surface area is 287 Å². The monoisotopic (exact) mass is 668 g/mol. The van der Waals surface area contributed by atoms with Gasteiger partial charge in [-0.05, 0) is 90.9 Å². The molecule has 0 bridgehead atoms. The summed E-state index contributed by atoms with van der Waals surface area (Å²) in [6.45, 7) is 1.14. The molecule has 0 aromatic heterocycles. The summed E-state index contributed by atoms with van der Waals surface area (Å²) in [5, 5.41) is 6.37. The predicted molar refractivity (Wildman–Crippen MR) is 191 cm³/mol. The van der Waals surface area contributed by atoms with Gasteiger partial charge in [-0.3, -0.25) is 4.79 Å². The van der Waals surface area contributed by atoms with Crippen molar-refractivity contribution in [2.75, 3.05) is 54.1 Å². The van der Waals surface area contributed by atoms with Gasteiger partial charge in [0.2, 0.25) is 5.75 Å². The maximum atomic E-state index is 12.6. The summed E-state index contributed by atoms with van der Waals surface area (Å²) in [5.74, 6) is 4.30. The van der Waals surface area contributed by atoms with Crippen LogP contribution in [0.2, 0.25) is 0 Å². The van der Waals surface area contributed by atoms with Crippen molar-refractivity contribution in [1.29, 1.82) is 0 Å². The van der Waals surface area contributed by atoms with Gasteiger partial charge in [-0.15, -0.1) is 0 Å². The average molecular weight is 669 g/mol. The van der Waals surface area contributed by atoms with Crippen LogP contribution in [0.25, 0.3) is 12.2 Å². The molecular formula is C39H44N2O8. The van der Waals surface area contributed by atoms with Gasteiger partial charge in [-0.25, -0.2) is 0 Å². The molecule has 1 aliphatic rings. The maximum Gasteiger partial charge on any atom is 0.255 e. The van der Waals surface area contributed by atoms with Crippen LogP contribution in [0, 0.1) is 0 Å². The number of carbonyl (C=O) groups is 1. The number of ether oxygens (including phenoxy) is 7. The highest BCUT2D eigenvalue weighted by atomic mass is 16.5. The Morgan fingerprint density at radius 1 is 0.571 bits per heavy atom. The normalized spacial score (nSPS) is 13.6. The van der Waals surface area contributed by atoms with E-state index in [9.17, 15) is 4.79 Å². The molecule has 49 heavy (non-hydrogen) atoms. The SMILES string of the molecule is COc1cc(C2NC(=O)c3ccccc3N2)ccc1OCCCCCCOc1cc(C=Cc2cc(OC)c(OC)c(OC)c2)ccc1OC. The largest absolute Gasteiger partial charge is 0.493 e. The average Bonchev–Trinajstić information content (AvgIpc) is 3.14. The van der Waals surface area contributed by atoms with Crippen molar-refractivity contribution in [3.63, 3.8) is 0 Å². The Kier molecular flexibility index (Phi) is 12.1. The van der Waals surface area contributed by atoms with Gasteiger partial charge < -0.3 is 43.8 Å². The fourth-order valence-electron chi connectivity index (χ4n) is 5.58. The molecule has 0 radical (unpaired) electrons. The van der Waals surface area contributed by atoms with Crippen LogP contribution in [-0.2, 0) is 0 Å². The summed E-state index contributed by atoms with van der Waals surface area (Å²) in [6, 6.07) is 22.8. The molecule has 4 aromatic carbocycles. The van der Waals surface area contributed by atoms with E-state index in [0.717, 1.165) is 48.1 Å². The smallest absolute Gasteiger partial charge is 0.255 e. The molecule has 258 valence electrons. The zero-order chi connectivity index (χ0) is 34.6. The number of para-hydroxylation sites is 1. The highest BCUT2D eigenvalue weighted by molar-refractivity contribution is 6.01. The third-order valence-electron chi connectivity index (χ3n) is 8.16. The Bertz CT molecular complexity index is 1730. The summed E-state index contributed by atoms with van der Waals surface area (Å²) < 4.78 is 39.7. The lowest BCUT2D eigenvalue weighted by Gasteiger charge is -2.28. The van der Waals surface area contributed by atoms with Crippen molar-refractivity contribution in [3.05, 3.63) is 95.1 Å². The number of amides is 1. The van der Waals surface area contributed by atoms with Crippen molar-refractivity contribution in [1.82, 2.24) is 5.32 Å². The van der Waals surface area contributed by atoms with Crippen LogP contribution in [0.4, 0.5) is 5.69 Å². The Morgan fingerprint density at radius 2 is 1.18 bits per heavy atom. The van der Waals surface area contributed by atoms with Gasteiger partial charge in [0.25, 0.3) is 5.91 Å². The third kappa shape index (κ3) is 8.70. The molecule has 10 heteroatoms. The molecule has 1 unspecified atom stereocenters. The van der Waals surface area contributed by atoms with Crippen LogP contribution >= 0.6 is 0 Å². The first-order valence-corrected chi connectivity index (χ1v) is 16.2. The lowest BCUT2D eigenvalue weighted by Crippen LogP contribution is -2.38. The summed E-state index contributed by atoms with van der Waals surface area (Å²) in [7, 11) is 8.04.